The number of likely N-dealkylation sites (N-methyl/N-ethyl adjacent to an activating group) is 1. The SMILES string of the molecule is C=CC(=O)N[C@@H]1CCN(c2nc(Nc3ccc(N4CCN(C)CC4)cc3)ncc2F)C1. The molecule has 1 atom stereocenters. The van der Waals surface area contributed by atoms with Crippen molar-refractivity contribution in [2.75, 3.05) is 61.4 Å². The fourth-order valence-electron chi connectivity index (χ4n) is 3.92. The zero-order valence-corrected chi connectivity index (χ0v) is 17.7. The molecule has 2 fully saturated rings. The first kappa shape index (κ1) is 21.0. The van der Waals surface area contributed by atoms with E-state index in [1.807, 2.05) is 17.0 Å². The molecule has 1 amide bonds. The minimum absolute atomic E-state index is 0.0570. The Bertz CT molecular complexity index is 928. The Morgan fingerprint density at radius 1 is 1.16 bits per heavy atom. The van der Waals surface area contributed by atoms with Crippen LogP contribution in [0.5, 0.6) is 0 Å². The zero-order chi connectivity index (χ0) is 21.8. The van der Waals surface area contributed by atoms with Gasteiger partial charge in [-0.25, -0.2) is 9.37 Å². The number of nitrogens with zero attached hydrogens (tertiary/aromatic N) is 5. The van der Waals surface area contributed by atoms with E-state index >= 15 is 0 Å². The second kappa shape index (κ2) is 9.30. The molecular formula is C22H28FN7O. The normalized spacial score (nSPS) is 19.4. The molecule has 0 aliphatic carbocycles. The van der Waals surface area contributed by atoms with Gasteiger partial charge in [0.1, 0.15) is 0 Å². The Morgan fingerprint density at radius 3 is 2.61 bits per heavy atom. The average Bonchev–Trinajstić information content (AvgIpc) is 3.24. The molecule has 0 radical (unpaired) electrons. The van der Waals surface area contributed by atoms with Crippen LogP contribution in [-0.2, 0) is 4.79 Å². The van der Waals surface area contributed by atoms with E-state index in [0.717, 1.165) is 38.3 Å². The quantitative estimate of drug-likeness (QED) is 0.686. The molecule has 8 nitrogen and oxygen atoms in total. The van der Waals surface area contributed by atoms with Crippen molar-refractivity contribution in [2.45, 2.75) is 12.5 Å². The van der Waals surface area contributed by atoms with Crippen LogP contribution in [-0.4, -0.2) is 73.1 Å². The van der Waals surface area contributed by atoms with Crippen molar-refractivity contribution >= 4 is 29.0 Å². The third-order valence-corrected chi connectivity index (χ3v) is 5.74. The number of carbonyl (C=O) groups is 1. The van der Waals surface area contributed by atoms with Gasteiger partial charge in [0, 0.05) is 56.7 Å². The summed E-state index contributed by atoms with van der Waals surface area (Å²) in [6.07, 6.45) is 3.14. The van der Waals surface area contributed by atoms with Crippen LogP contribution in [0.1, 0.15) is 6.42 Å². The summed E-state index contributed by atoms with van der Waals surface area (Å²) in [5.41, 5.74) is 2.03. The van der Waals surface area contributed by atoms with Gasteiger partial charge in [0.15, 0.2) is 11.6 Å². The lowest BCUT2D eigenvalue weighted by molar-refractivity contribution is -0.117. The van der Waals surface area contributed by atoms with Gasteiger partial charge in [0.2, 0.25) is 11.9 Å². The molecule has 2 aliphatic heterocycles. The Hall–Kier alpha value is -3.20. The number of aromatic nitrogens is 2. The lowest BCUT2D eigenvalue weighted by Crippen LogP contribution is -2.44. The molecule has 3 heterocycles. The van der Waals surface area contributed by atoms with Gasteiger partial charge in [0.05, 0.1) is 6.20 Å². The number of amides is 1. The van der Waals surface area contributed by atoms with Crippen molar-refractivity contribution in [1.29, 1.82) is 0 Å². The van der Waals surface area contributed by atoms with E-state index in [1.54, 1.807) is 0 Å². The highest BCUT2D eigenvalue weighted by molar-refractivity contribution is 5.87. The summed E-state index contributed by atoms with van der Waals surface area (Å²) in [5, 5.41) is 6.01. The predicted molar refractivity (Wildman–Crippen MR) is 120 cm³/mol. The standard InChI is InChI=1S/C22H28FN7O/c1-3-20(31)25-17-8-9-30(15-17)21-19(23)14-24-22(27-21)26-16-4-6-18(7-5-16)29-12-10-28(2)11-13-29/h3-7,14,17H,1,8-13,15H2,2H3,(H,25,31)(H,24,26,27)/t17-/m1/s1. The fraction of sp³-hybridized carbons (Fsp3) is 0.409. The zero-order valence-electron chi connectivity index (χ0n) is 17.7. The highest BCUT2D eigenvalue weighted by Gasteiger charge is 2.26. The van der Waals surface area contributed by atoms with Crippen LogP contribution < -0.4 is 20.4 Å². The van der Waals surface area contributed by atoms with Gasteiger partial charge in [-0.05, 0) is 43.8 Å². The highest BCUT2D eigenvalue weighted by atomic mass is 19.1. The van der Waals surface area contributed by atoms with E-state index in [2.05, 4.69) is 56.2 Å². The van der Waals surface area contributed by atoms with E-state index < -0.39 is 5.82 Å². The van der Waals surface area contributed by atoms with Gasteiger partial charge in [-0.1, -0.05) is 6.58 Å². The molecule has 1 aromatic heterocycles. The van der Waals surface area contributed by atoms with Crippen molar-refractivity contribution < 1.29 is 9.18 Å². The van der Waals surface area contributed by atoms with Crippen LogP contribution in [0.15, 0.2) is 43.1 Å². The van der Waals surface area contributed by atoms with E-state index in [4.69, 9.17) is 0 Å². The number of hydrogen-bond donors (Lipinski definition) is 2. The number of anilines is 4. The Balaban J connectivity index is 1.40. The number of rotatable bonds is 6. The minimum atomic E-state index is -0.480. The smallest absolute Gasteiger partial charge is 0.243 e. The number of carbonyl (C=O) groups excluding carboxylic acids is 1. The molecule has 164 valence electrons. The van der Waals surface area contributed by atoms with Gasteiger partial charge in [-0.15, -0.1) is 0 Å². The molecule has 31 heavy (non-hydrogen) atoms. The van der Waals surface area contributed by atoms with E-state index in [-0.39, 0.29) is 17.8 Å². The molecule has 2 aliphatic rings. The molecular weight excluding hydrogens is 397 g/mol. The van der Waals surface area contributed by atoms with Gasteiger partial charge in [-0.2, -0.15) is 4.98 Å². The average molecular weight is 426 g/mol. The molecule has 0 unspecified atom stereocenters. The summed E-state index contributed by atoms with van der Waals surface area (Å²) in [7, 11) is 2.14. The summed E-state index contributed by atoms with van der Waals surface area (Å²) in [6, 6.07) is 8.06. The predicted octanol–water partition coefficient (Wildman–Crippen LogP) is 1.99. The molecule has 2 aromatic rings. The van der Waals surface area contributed by atoms with E-state index in [9.17, 15) is 9.18 Å². The van der Waals surface area contributed by atoms with Crippen molar-refractivity contribution in [3.05, 3.63) is 48.9 Å². The monoisotopic (exact) mass is 425 g/mol. The number of piperazine rings is 1. The van der Waals surface area contributed by atoms with E-state index in [0.29, 0.717) is 19.0 Å². The maximum Gasteiger partial charge on any atom is 0.243 e. The van der Waals surface area contributed by atoms with Gasteiger partial charge >= 0.3 is 0 Å². The topological polar surface area (TPSA) is 76.6 Å². The largest absolute Gasteiger partial charge is 0.369 e. The third kappa shape index (κ3) is 5.11. The van der Waals surface area contributed by atoms with Crippen molar-refractivity contribution in [3.8, 4) is 0 Å². The Kier molecular flexibility index (Phi) is 6.31. The van der Waals surface area contributed by atoms with Crippen LogP contribution in [0, 0.1) is 5.82 Å². The lowest BCUT2D eigenvalue weighted by atomic mass is 10.2. The molecule has 0 bridgehead atoms. The molecule has 0 saturated carbocycles. The van der Waals surface area contributed by atoms with Crippen LogP contribution in [0.3, 0.4) is 0 Å². The molecule has 0 spiro atoms. The summed E-state index contributed by atoms with van der Waals surface area (Å²) in [5.74, 6) is -0.131. The van der Waals surface area contributed by atoms with Crippen LogP contribution in [0.25, 0.3) is 0 Å². The molecule has 2 N–H and O–H groups in total. The lowest BCUT2D eigenvalue weighted by Gasteiger charge is -2.34. The first-order valence-corrected chi connectivity index (χ1v) is 10.5. The molecule has 2 saturated heterocycles. The highest BCUT2D eigenvalue weighted by Crippen LogP contribution is 2.25. The van der Waals surface area contributed by atoms with Crippen LogP contribution in [0.4, 0.5) is 27.5 Å². The second-order valence-electron chi connectivity index (χ2n) is 7.97. The Labute approximate surface area is 181 Å². The van der Waals surface area contributed by atoms with Gasteiger partial charge < -0.3 is 25.3 Å². The van der Waals surface area contributed by atoms with Gasteiger partial charge in [-0.3, -0.25) is 4.79 Å². The summed E-state index contributed by atoms with van der Waals surface area (Å²) in [6.45, 7) is 8.70. The second-order valence-corrected chi connectivity index (χ2v) is 7.97. The molecule has 9 heteroatoms. The molecule has 4 rings (SSSR count). The van der Waals surface area contributed by atoms with E-state index in [1.165, 1.54) is 18.0 Å². The first-order chi connectivity index (χ1) is 15.0. The van der Waals surface area contributed by atoms with Crippen molar-refractivity contribution in [1.82, 2.24) is 20.2 Å². The first-order valence-electron chi connectivity index (χ1n) is 10.5. The fourth-order valence-corrected chi connectivity index (χ4v) is 3.92. The summed E-state index contributed by atoms with van der Waals surface area (Å²) >= 11 is 0. The van der Waals surface area contributed by atoms with Crippen LogP contribution in [0.2, 0.25) is 0 Å². The van der Waals surface area contributed by atoms with Crippen LogP contribution >= 0.6 is 0 Å². The van der Waals surface area contributed by atoms with Crippen molar-refractivity contribution in [3.63, 3.8) is 0 Å². The molecule has 1 aromatic carbocycles. The minimum Gasteiger partial charge on any atom is -0.369 e. The summed E-state index contributed by atoms with van der Waals surface area (Å²) in [4.78, 5) is 26.5. The van der Waals surface area contributed by atoms with Crippen molar-refractivity contribution in [2.24, 2.45) is 0 Å². The third-order valence-electron chi connectivity index (χ3n) is 5.74. The number of nitrogens with one attached hydrogen (secondary N) is 2. The summed E-state index contributed by atoms with van der Waals surface area (Å²) < 4.78 is 14.4. The number of halogens is 1. The Morgan fingerprint density at radius 2 is 1.90 bits per heavy atom. The maximum atomic E-state index is 14.4. The number of benzene rings is 1. The maximum absolute atomic E-state index is 14.4. The number of hydrogen-bond acceptors (Lipinski definition) is 7. The van der Waals surface area contributed by atoms with Gasteiger partial charge in [0.25, 0.3) is 0 Å².